The molecule has 204 valence electrons. The van der Waals surface area contributed by atoms with Gasteiger partial charge in [-0.3, -0.25) is 0 Å². The molecule has 0 saturated heterocycles. The van der Waals surface area contributed by atoms with E-state index in [1.807, 2.05) is 0 Å². The van der Waals surface area contributed by atoms with Crippen LogP contribution in [-0.4, -0.2) is 0 Å². The molecule has 0 radical (unpaired) electrons. The van der Waals surface area contributed by atoms with Crippen LogP contribution in [0.5, 0.6) is 0 Å². The van der Waals surface area contributed by atoms with Crippen molar-refractivity contribution in [2.24, 2.45) is 0 Å². The van der Waals surface area contributed by atoms with Crippen molar-refractivity contribution in [1.82, 2.24) is 0 Å². The van der Waals surface area contributed by atoms with Crippen LogP contribution in [-0.2, 0) is 41.8 Å². The molecule has 2 aromatic rings. The quantitative estimate of drug-likeness (QED) is 0.151. The van der Waals surface area contributed by atoms with Gasteiger partial charge >= 0.3 is 41.8 Å². The molecule has 0 spiro atoms. The predicted molar refractivity (Wildman–Crippen MR) is 106 cm³/mol. The minimum Gasteiger partial charge on any atom is -0.512 e. The summed E-state index contributed by atoms with van der Waals surface area (Å²) in [5.74, 6) is 0. The summed E-state index contributed by atoms with van der Waals surface area (Å²) >= 11 is 5.13. The number of hydrogen-bond donors (Lipinski definition) is 0. The molecule has 18 heteroatoms. The number of halogens is 14. The average Bonchev–Trinajstić information content (AvgIpc) is 2.71. The van der Waals surface area contributed by atoms with E-state index in [9.17, 15) is 52.7 Å². The van der Waals surface area contributed by atoms with Crippen molar-refractivity contribution < 1.29 is 69.8 Å². The largest absolute Gasteiger partial charge is 1.00 e. The first-order chi connectivity index (χ1) is 16.1. The van der Waals surface area contributed by atoms with E-state index < -0.39 is 67.3 Å². The molecule has 0 unspecified atom stereocenters. The van der Waals surface area contributed by atoms with Gasteiger partial charge in [0.15, 0.2) is 11.4 Å². The second kappa shape index (κ2) is 13.4. The summed E-state index contributed by atoms with van der Waals surface area (Å²) in [6.45, 7) is 17.8. The van der Waals surface area contributed by atoms with Crippen LogP contribution in [0.3, 0.4) is 0 Å². The Kier molecular flexibility index (Phi) is 13.3. The molecule has 0 N–H and O–H groups in total. The van der Waals surface area contributed by atoms with Crippen LogP contribution in [0, 0.1) is 25.0 Å². The van der Waals surface area contributed by atoms with Gasteiger partial charge in [-0.25, -0.2) is 9.69 Å². The zero-order valence-electron chi connectivity index (χ0n) is 16.7. The van der Waals surface area contributed by atoms with Crippen LogP contribution < -0.4 is 0 Å². The molecule has 0 amide bonds. The second-order valence-electron chi connectivity index (χ2n) is 5.91. The Morgan fingerprint density at radius 3 is 0.973 bits per heavy atom. The number of hydrogen-bond acceptors (Lipinski definition) is 1. The van der Waals surface area contributed by atoms with Gasteiger partial charge in [-0.05, 0) is 12.1 Å². The maximum atomic E-state index is 12.5. The Balaban J connectivity index is 0. The molecule has 2 aromatic carbocycles. The SMILES string of the molecule is FC(F)(F)c1cc(C(F)(F)F)c(Br)cc1Br.[C-]#N.[C-]#[N+]c1cc([N+]#[C-])c(C(F)(F)F)cc1C(F)(F)F.[Cu+]. The summed E-state index contributed by atoms with van der Waals surface area (Å²) in [6.07, 6.45) is -19.8. The Morgan fingerprint density at radius 1 is 0.514 bits per heavy atom. The third-order valence-corrected chi connectivity index (χ3v) is 4.95. The summed E-state index contributed by atoms with van der Waals surface area (Å²) in [7, 11) is 0. The van der Waals surface area contributed by atoms with Crippen molar-refractivity contribution in [3.63, 3.8) is 0 Å². The first-order valence-corrected chi connectivity index (χ1v) is 9.66. The number of benzene rings is 2. The van der Waals surface area contributed by atoms with Gasteiger partial charge in [0.05, 0.1) is 35.4 Å². The molecule has 0 aromatic heterocycles. The van der Waals surface area contributed by atoms with Crippen LogP contribution >= 0.6 is 31.9 Å². The minimum absolute atomic E-state index is 0. The van der Waals surface area contributed by atoms with Crippen LogP contribution in [0.4, 0.5) is 64.1 Å². The van der Waals surface area contributed by atoms with Crippen molar-refractivity contribution in [2.75, 3.05) is 0 Å². The molecule has 37 heavy (non-hydrogen) atoms. The molecule has 0 atom stereocenters. The normalized spacial score (nSPS) is 11.4. The number of rotatable bonds is 0. The number of alkyl halides is 12. The van der Waals surface area contributed by atoms with Crippen molar-refractivity contribution in [1.29, 1.82) is 5.26 Å². The molecule has 0 saturated carbocycles. The summed E-state index contributed by atoms with van der Waals surface area (Å²) in [6, 6.07) is 0.881. The van der Waals surface area contributed by atoms with Crippen LogP contribution in [0.25, 0.3) is 9.69 Å². The summed E-state index contributed by atoms with van der Waals surface area (Å²) in [5, 5.41) is 6.25. The smallest absolute Gasteiger partial charge is 0.512 e. The second-order valence-corrected chi connectivity index (χ2v) is 7.62. The molecule has 0 bridgehead atoms. The maximum absolute atomic E-state index is 12.5. The van der Waals surface area contributed by atoms with Crippen LogP contribution in [0.2, 0.25) is 0 Å². The molecule has 0 heterocycles. The Morgan fingerprint density at radius 2 is 0.757 bits per heavy atom. The van der Waals surface area contributed by atoms with E-state index in [1.165, 1.54) is 0 Å². The standard InChI is InChI=1S/C10H2F6N2.C8H2Br2F6.CN.Cu/c1-17-7-4-8(18-2)6(10(14,15)16)3-5(7)9(11,12)13;9-5-2-6(10)4(8(14,15)16)1-3(5)7(11,12)13;1-2;/h3-4H;1-2H;;/q;;-1;+1. The van der Waals surface area contributed by atoms with Gasteiger partial charge in [0.1, 0.15) is 0 Å². The van der Waals surface area contributed by atoms with Crippen molar-refractivity contribution in [2.45, 2.75) is 24.7 Å². The molecule has 0 aliphatic heterocycles. The van der Waals surface area contributed by atoms with Crippen LogP contribution in [0.1, 0.15) is 22.3 Å². The summed E-state index contributed by atoms with van der Waals surface area (Å²) in [5.41, 5.74) is -8.16. The molecule has 0 fully saturated rings. The maximum Gasteiger partial charge on any atom is 1.00 e. The van der Waals surface area contributed by atoms with Crippen molar-refractivity contribution >= 4 is 43.2 Å². The fourth-order valence-electron chi connectivity index (χ4n) is 2.20. The van der Waals surface area contributed by atoms with Gasteiger partial charge in [0.2, 0.25) is 0 Å². The van der Waals surface area contributed by atoms with Gasteiger partial charge in [-0.2, -0.15) is 52.7 Å². The average molecular weight is 726 g/mol. The Hall–Kier alpha value is -2.45. The topological polar surface area (TPSA) is 32.5 Å². The summed E-state index contributed by atoms with van der Waals surface area (Å²) in [4.78, 5) is 4.98. The van der Waals surface area contributed by atoms with E-state index in [0.717, 1.165) is 6.07 Å². The molecular formula is C19H4Br2CuF12N3. The van der Waals surface area contributed by atoms with E-state index in [-0.39, 0.29) is 29.2 Å². The van der Waals surface area contributed by atoms with Gasteiger partial charge in [0.25, 0.3) is 0 Å². The molecular weight excluding hydrogens is 722 g/mol. The molecule has 0 aliphatic rings. The Labute approximate surface area is 227 Å². The van der Waals surface area contributed by atoms with Crippen molar-refractivity contribution in [3.8, 4) is 0 Å². The first-order valence-electron chi connectivity index (χ1n) is 8.07. The molecule has 2 rings (SSSR count). The van der Waals surface area contributed by atoms with E-state index in [2.05, 4.69) is 41.5 Å². The van der Waals surface area contributed by atoms with E-state index in [4.69, 9.17) is 25.0 Å². The van der Waals surface area contributed by atoms with E-state index >= 15 is 0 Å². The monoisotopic (exact) mass is 723 g/mol. The van der Waals surface area contributed by atoms with Gasteiger partial charge in [-0.15, -0.1) is 0 Å². The zero-order chi connectivity index (χ0) is 28.9. The van der Waals surface area contributed by atoms with E-state index in [1.54, 1.807) is 0 Å². The van der Waals surface area contributed by atoms with Crippen LogP contribution in [0.15, 0.2) is 33.2 Å². The van der Waals surface area contributed by atoms with Gasteiger partial charge in [-0.1, -0.05) is 44.0 Å². The van der Waals surface area contributed by atoms with Crippen molar-refractivity contribution in [3.05, 3.63) is 84.9 Å². The Bertz CT molecular complexity index is 1120. The fraction of sp³-hybridized carbons (Fsp3) is 0.211. The zero-order valence-corrected chi connectivity index (χ0v) is 20.9. The third kappa shape index (κ3) is 10.1. The summed E-state index contributed by atoms with van der Waals surface area (Å²) < 4.78 is 148. The molecule has 3 nitrogen and oxygen atoms in total. The fourth-order valence-corrected chi connectivity index (χ4v) is 3.64. The number of nitrogens with zero attached hydrogens (tertiary/aromatic N) is 3. The van der Waals surface area contributed by atoms with Gasteiger partial charge < -0.3 is 11.8 Å². The first kappa shape index (κ1) is 36.7. The van der Waals surface area contributed by atoms with Gasteiger partial charge in [0, 0.05) is 8.95 Å². The minimum atomic E-state index is -5.08. The predicted octanol–water partition coefficient (Wildman–Crippen LogP) is 10.2. The molecule has 0 aliphatic carbocycles. The van der Waals surface area contributed by atoms with E-state index in [0.29, 0.717) is 6.07 Å². The third-order valence-electron chi connectivity index (χ3n) is 3.63.